The molecule has 0 radical (unpaired) electrons. The van der Waals surface area contributed by atoms with E-state index in [2.05, 4.69) is 4.89 Å². The fourth-order valence-corrected chi connectivity index (χ4v) is 1.70. The van der Waals surface area contributed by atoms with E-state index in [9.17, 15) is 9.59 Å². The Balaban J connectivity index is 0.000000211. The molecule has 0 spiro atoms. The van der Waals surface area contributed by atoms with Gasteiger partial charge in [0.05, 0.1) is 16.1 Å². The van der Waals surface area contributed by atoms with E-state index in [1.54, 1.807) is 24.3 Å². The molecular formula is C14H10Cl2O5. The van der Waals surface area contributed by atoms with E-state index in [0.717, 1.165) is 0 Å². The summed E-state index contributed by atoms with van der Waals surface area (Å²) in [5.41, 5.74) is 0.365. The molecule has 0 saturated heterocycles. The molecule has 5 nitrogen and oxygen atoms in total. The number of halogens is 2. The van der Waals surface area contributed by atoms with E-state index in [1.165, 1.54) is 24.3 Å². The zero-order valence-electron chi connectivity index (χ0n) is 10.5. The van der Waals surface area contributed by atoms with Crippen molar-refractivity contribution in [3.63, 3.8) is 0 Å². The first-order valence-electron chi connectivity index (χ1n) is 5.55. The Labute approximate surface area is 130 Å². The number of benzene rings is 2. The van der Waals surface area contributed by atoms with Gasteiger partial charge in [0, 0.05) is 5.02 Å². The number of hydrogen-bond donors (Lipinski definition) is 2. The molecule has 0 aliphatic carbocycles. The van der Waals surface area contributed by atoms with Crippen LogP contribution in [-0.4, -0.2) is 22.3 Å². The maximum atomic E-state index is 10.7. The summed E-state index contributed by atoms with van der Waals surface area (Å²) in [6.45, 7) is 0. The maximum Gasteiger partial charge on any atom is 0.374 e. The molecule has 0 amide bonds. The number of carboxylic acids is 1. The van der Waals surface area contributed by atoms with Gasteiger partial charge in [-0.25, -0.2) is 9.59 Å². The minimum absolute atomic E-state index is 0.150. The summed E-state index contributed by atoms with van der Waals surface area (Å²) in [6, 6.07) is 12.4. The van der Waals surface area contributed by atoms with Gasteiger partial charge in [0.25, 0.3) is 0 Å². The van der Waals surface area contributed by atoms with Crippen molar-refractivity contribution in [1.82, 2.24) is 0 Å². The number of aromatic carboxylic acids is 1. The van der Waals surface area contributed by atoms with Crippen LogP contribution in [0.25, 0.3) is 0 Å². The Bertz CT molecular complexity index is 643. The second kappa shape index (κ2) is 8.26. The van der Waals surface area contributed by atoms with E-state index in [1.807, 2.05) is 0 Å². The second-order valence-corrected chi connectivity index (χ2v) is 4.52. The summed E-state index contributed by atoms with van der Waals surface area (Å²) in [4.78, 5) is 24.5. The van der Waals surface area contributed by atoms with Gasteiger partial charge in [-0.15, -0.1) is 0 Å². The molecular weight excluding hydrogens is 319 g/mol. The first-order valence-corrected chi connectivity index (χ1v) is 6.30. The number of carbonyl (C=O) groups excluding carboxylic acids is 1. The molecule has 2 rings (SSSR count). The lowest BCUT2D eigenvalue weighted by Gasteiger charge is -1.97. The average Bonchev–Trinajstić information content (AvgIpc) is 2.47. The largest absolute Gasteiger partial charge is 0.478 e. The van der Waals surface area contributed by atoms with Gasteiger partial charge in [0.1, 0.15) is 0 Å². The lowest BCUT2D eigenvalue weighted by molar-refractivity contribution is -0.182. The number of carbonyl (C=O) groups is 2. The van der Waals surface area contributed by atoms with Crippen LogP contribution in [0.1, 0.15) is 20.7 Å². The maximum absolute atomic E-state index is 10.7. The van der Waals surface area contributed by atoms with Crippen molar-refractivity contribution in [3.8, 4) is 0 Å². The number of hydrogen-bond acceptors (Lipinski definition) is 4. The lowest BCUT2D eigenvalue weighted by Crippen LogP contribution is -2.01. The van der Waals surface area contributed by atoms with Gasteiger partial charge in [0.15, 0.2) is 0 Å². The molecule has 0 fully saturated rings. The molecule has 0 heterocycles. The van der Waals surface area contributed by atoms with Crippen LogP contribution in [0.4, 0.5) is 0 Å². The number of rotatable bonds is 2. The van der Waals surface area contributed by atoms with Gasteiger partial charge >= 0.3 is 11.9 Å². The highest BCUT2D eigenvalue weighted by Gasteiger charge is 2.09. The lowest BCUT2D eigenvalue weighted by atomic mass is 10.2. The fraction of sp³-hybridized carbons (Fsp3) is 0. The fourth-order valence-electron chi connectivity index (χ4n) is 1.30. The molecule has 0 aliphatic heterocycles. The van der Waals surface area contributed by atoms with E-state index >= 15 is 0 Å². The molecule has 2 aromatic carbocycles. The molecule has 7 heteroatoms. The highest BCUT2D eigenvalue weighted by Crippen LogP contribution is 2.15. The third-order valence-electron chi connectivity index (χ3n) is 2.25. The summed E-state index contributed by atoms with van der Waals surface area (Å²) in [5.74, 6) is -1.81. The summed E-state index contributed by atoms with van der Waals surface area (Å²) < 4.78 is 0. The van der Waals surface area contributed by atoms with Crippen molar-refractivity contribution in [1.29, 1.82) is 0 Å². The van der Waals surface area contributed by atoms with Gasteiger partial charge in [-0.1, -0.05) is 41.4 Å². The van der Waals surface area contributed by atoms with E-state index < -0.39 is 11.9 Å². The highest BCUT2D eigenvalue weighted by atomic mass is 35.5. The van der Waals surface area contributed by atoms with Crippen LogP contribution in [0.5, 0.6) is 0 Å². The monoisotopic (exact) mass is 328 g/mol. The molecule has 0 atom stereocenters. The zero-order valence-corrected chi connectivity index (χ0v) is 12.0. The normalized spacial score (nSPS) is 9.29. The third kappa shape index (κ3) is 5.43. The van der Waals surface area contributed by atoms with Crippen molar-refractivity contribution in [2.24, 2.45) is 0 Å². The highest BCUT2D eigenvalue weighted by molar-refractivity contribution is 6.33. The van der Waals surface area contributed by atoms with Crippen LogP contribution < -0.4 is 0 Å². The Morgan fingerprint density at radius 2 is 1.67 bits per heavy atom. The first-order chi connectivity index (χ1) is 9.95. The van der Waals surface area contributed by atoms with Crippen LogP contribution >= 0.6 is 23.2 Å². The van der Waals surface area contributed by atoms with Crippen LogP contribution in [0.3, 0.4) is 0 Å². The molecule has 0 saturated carbocycles. The quantitative estimate of drug-likeness (QED) is 0.642. The minimum Gasteiger partial charge on any atom is -0.478 e. The van der Waals surface area contributed by atoms with E-state index in [-0.39, 0.29) is 16.1 Å². The van der Waals surface area contributed by atoms with Crippen LogP contribution in [0.15, 0.2) is 48.5 Å². The van der Waals surface area contributed by atoms with Gasteiger partial charge < -0.3 is 5.11 Å². The van der Waals surface area contributed by atoms with Crippen molar-refractivity contribution < 1.29 is 24.8 Å². The summed E-state index contributed by atoms with van der Waals surface area (Å²) in [6.07, 6.45) is 0. The van der Waals surface area contributed by atoms with Gasteiger partial charge in [-0.3, -0.25) is 4.89 Å². The molecule has 2 aromatic rings. The smallest absolute Gasteiger partial charge is 0.374 e. The Morgan fingerprint density at radius 3 is 2.14 bits per heavy atom. The number of carboxylic acid groups (broad SMARTS) is 1. The van der Waals surface area contributed by atoms with Crippen LogP contribution in [0.2, 0.25) is 10.0 Å². The first kappa shape index (κ1) is 17.0. The summed E-state index contributed by atoms with van der Waals surface area (Å²) in [5, 5.41) is 17.2. The third-order valence-corrected chi connectivity index (χ3v) is 2.81. The molecule has 110 valence electrons. The molecule has 0 unspecified atom stereocenters. The molecule has 21 heavy (non-hydrogen) atoms. The Kier molecular flexibility index (Phi) is 6.68. The van der Waals surface area contributed by atoms with Crippen molar-refractivity contribution >= 4 is 35.1 Å². The molecule has 0 aliphatic rings. The van der Waals surface area contributed by atoms with Gasteiger partial charge in [-0.05, 0) is 30.3 Å². The van der Waals surface area contributed by atoms with Gasteiger partial charge in [-0.2, -0.15) is 5.26 Å². The van der Waals surface area contributed by atoms with E-state index in [4.69, 9.17) is 33.6 Å². The van der Waals surface area contributed by atoms with Gasteiger partial charge in [0.2, 0.25) is 0 Å². The van der Waals surface area contributed by atoms with Crippen LogP contribution in [-0.2, 0) is 4.89 Å². The van der Waals surface area contributed by atoms with Crippen molar-refractivity contribution in [2.75, 3.05) is 0 Å². The predicted molar refractivity (Wildman–Crippen MR) is 77.9 cm³/mol. The SMILES string of the molecule is O=C(O)c1cccc(Cl)c1.O=C(OO)c1ccccc1Cl. The average molecular weight is 329 g/mol. The Hall–Kier alpha value is -2.08. The minimum atomic E-state index is -0.956. The van der Waals surface area contributed by atoms with Crippen LogP contribution in [0, 0.1) is 0 Å². The summed E-state index contributed by atoms with van der Waals surface area (Å²) in [7, 11) is 0. The van der Waals surface area contributed by atoms with Crippen molar-refractivity contribution in [3.05, 3.63) is 69.7 Å². The molecule has 2 N–H and O–H groups in total. The molecule has 0 aromatic heterocycles. The predicted octanol–water partition coefficient (Wildman–Crippen LogP) is 4.01. The zero-order chi connectivity index (χ0) is 15.8. The Morgan fingerprint density at radius 1 is 1.00 bits per heavy atom. The summed E-state index contributed by atoms with van der Waals surface area (Å²) >= 11 is 11.1. The standard InChI is InChI=1S/C7H5ClO3.C7H5ClO2/c8-6-4-2-1-3-5(6)7(9)11-10;8-6-3-1-2-5(4-6)7(9)10/h1-4,10H;1-4H,(H,9,10). The molecule has 0 bridgehead atoms. The second-order valence-electron chi connectivity index (χ2n) is 3.67. The van der Waals surface area contributed by atoms with Crippen molar-refractivity contribution in [2.45, 2.75) is 0 Å². The van der Waals surface area contributed by atoms with E-state index in [0.29, 0.717) is 5.02 Å². The topological polar surface area (TPSA) is 83.8 Å².